The third-order valence-corrected chi connectivity index (χ3v) is 2.58. The lowest BCUT2D eigenvalue weighted by Gasteiger charge is -1.96. The van der Waals surface area contributed by atoms with Crippen molar-refractivity contribution < 1.29 is 9.90 Å². The molecule has 2 N–H and O–H groups in total. The molecular weight excluding hydrogens is 246 g/mol. The number of carboxylic acid groups (broad SMARTS) is 1. The van der Waals surface area contributed by atoms with Gasteiger partial charge in [-0.2, -0.15) is 5.10 Å². The molecule has 0 amide bonds. The first-order chi connectivity index (χ1) is 9.24. The standard InChI is InChI=1S/C12H9N5O2/c18-12(19)10-6-9(13-14-10)11-7-17(16-15-11)8-4-2-1-3-5-8/h1-7H,(H,13,14)(H,18,19). The number of carbonyl (C=O) groups is 1. The molecular formula is C12H9N5O2. The lowest BCUT2D eigenvalue weighted by molar-refractivity contribution is 0.0690. The van der Waals surface area contributed by atoms with Crippen molar-refractivity contribution in [3.8, 4) is 17.1 Å². The van der Waals surface area contributed by atoms with E-state index in [1.807, 2.05) is 30.3 Å². The van der Waals surface area contributed by atoms with Gasteiger partial charge in [-0.1, -0.05) is 23.4 Å². The summed E-state index contributed by atoms with van der Waals surface area (Å²) >= 11 is 0. The zero-order valence-electron chi connectivity index (χ0n) is 9.69. The van der Waals surface area contributed by atoms with Gasteiger partial charge in [0.2, 0.25) is 0 Å². The summed E-state index contributed by atoms with van der Waals surface area (Å²) in [4.78, 5) is 10.8. The Balaban J connectivity index is 1.94. The molecule has 0 aliphatic heterocycles. The van der Waals surface area contributed by atoms with Crippen molar-refractivity contribution in [3.63, 3.8) is 0 Å². The average Bonchev–Trinajstić information content (AvgIpc) is 3.09. The molecule has 0 radical (unpaired) electrons. The molecule has 2 aromatic heterocycles. The molecule has 0 spiro atoms. The Hall–Kier alpha value is -2.96. The minimum absolute atomic E-state index is 0.0178. The quantitative estimate of drug-likeness (QED) is 0.736. The molecule has 0 atom stereocenters. The summed E-state index contributed by atoms with van der Waals surface area (Å²) in [6.07, 6.45) is 1.69. The van der Waals surface area contributed by atoms with Crippen LogP contribution in [0.1, 0.15) is 10.5 Å². The predicted octanol–water partition coefficient (Wildman–Crippen LogP) is 1.36. The van der Waals surface area contributed by atoms with Crippen LogP contribution < -0.4 is 0 Å². The molecule has 0 bridgehead atoms. The molecule has 7 heteroatoms. The second kappa shape index (κ2) is 4.37. The molecule has 0 saturated heterocycles. The number of para-hydroxylation sites is 1. The van der Waals surface area contributed by atoms with E-state index in [0.717, 1.165) is 5.69 Å². The Kier molecular flexibility index (Phi) is 2.57. The Morgan fingerprint density at radius 1 is 1.21 bits per heavy atom. The van der Waals surface area contributed by atoms with Crippen molar-refractivity contribution in [1.82, 2.24) is 25.2 Å². The second-order valence-corrected chi connectivity index (χ2v) is 3.86. The maximum absolute atomic E-state index is 10.8. The van der Waals surface area contributed by atoms with E-state index in [-0.39, 0.29) is 5.69 Å². The summed E-state index contributed by atoms with van der Waals surface area (Å²) < 4.78 is 1.60. The highest BCUT2D eigenvalue weighted by Gasteiger charge is 2.12. The predicted molar refractivity (Wildman–Crippen MR) is 65.9 cm³/mol. The molecule has 94 valence electrons. The van der Waals surface area contributed by atoms with Crippen LogP contribution >= 0.6 is 0 Å². The molecule has 19 heavy (non-hydrogen) atoms. The summed E-state index contributed by atoms with van der Waals surface area (Å²) in [7, 11) is 0. The van der Waals surface area contributed by atoms with Crippen LogP contribution in [0.15, 0.2) is 42.6 Å². The van der Waals surface area contributed by atoms with Gasteiger partial charge >= 0.3 is 5.97 Å². The van der Waals surface area contributed by atoms with Crippen LogP contribution in [0.25, 0.3) is 17.1 Å². The number of nitrogens with zero attached hydrogens (tertiary/aromatic N) is 4. The molecule has 7 nitrogen and oxygen atoms in total. The van der Waals surface area contributed by atoms with Crippen molar-refractivity contribution >= 4 is 5.97 Å². The van der Waals surface area contributed by atoms with E-state index < -0.39 is 5.97 Å². The molecule has 0 saturated carbocycles. The molecule has 0 aliphatic carbocycles. The molecule has 0 fully saturated rings. The smallest absolute Gasteiger partial charge is 0.353 e. The molecule has 0 unspecified atom stereocenters. The normalized spacial score (nSPS) is 10.5. The number of benzene rings is 1. The lowest BCUT2D eigenvalue weighted by Crippen LogP contribution is -1.95. The van der Waals surface area contributed by atoms with Crippen molar-refractivity contribution in [2.45, 2.75) is 0 Å². The van der Waals surface area contributed by atoms with Gasteiger partial charge in [0.15, 0.2) is 0 Å². The summed E-state index contributed by atoms with van der Waals surface area (Å²) in [5, 5.41) is 23.1. The van der Waals surface area contributed by atoms with Crippen molar-refractivity contribution in [2.75, 3.05) is 0 Å². The zero-order valence-corrected chi connectivity index (χ0v) is 9.69. The van der Waals surface area contributed by atoms with E-state index in [0.29, 0.717) is 11.4 Å². The Morgan fingerprint density at radius 3 is 2.68 bits per heavy atom. The highest BCUT2D eigenvalue weighted by Crippen LogP contribution is 2.16. The van der Waals surface area contributed by atoms with E-state index in [1.54, 1.807) is 10.9 Å². The van der Waals surface area contributed by atoms with Gasteiger partial charge in [0, 0.05) is 6.07 Å². The summed E-state index contributed by atoms with van der Waals surface area (Å²) in [5.41, 5.74) is 1.84. The van der Waals surface area contributed by atoms with Crippen LogP contribution in [0.2, 0.25) is 0 Å². The van der Waals surface area contributed by atoms with Gasteiger partial charge in [0.1, 0.15) is 17.1 Å². The van der Waals surface area contributed by atoms with Gasteiger partial charge in [-0.15, -0.1) is 5.10 Å². The van der Waals surface area contributed by atoms with Crippen molar-refractivity contribution in [1.29, 1.82) is 0 Å². The van der Waals surface area contributed by atoms with Gasteiger partial charge in [0.25, 0.3) is 0 Å². The van der Waals surface area contributed by atoms with Crippen LogP contribution in [0.5, 0.6) is 0 Å². The topological polar surface area (TPSA) is 96.7 Å². The highest BCUT2D eigenvalue weighted by molar-refractivity contribution is 5.86. The number of nitrogens with one attached hydrogen (secondary N) is 1. The first kappa shape index (κ1) is 11.1. The fourth-order valence-corrected chi connectivity index (χ4v) is 1.65. The van der Waals surface area contributed by atoms with Gasteiger partial charge in [0.05, 0.1) is 11.9 Å². The van der Waals surface area contributed by atoms with Crippen molar-refractivity contribution in [2.24, 2.45) is 0 Å². The summed E-state index contributed by atoms with van der Waals surface area (Å²) in [5.74, 6) is -1.06. The fourth-order valence-electron chi connectivity index (χ4n) is 1.65. The van der Waals surface area contributed by atoms with E-state index in [2.05, 4.69) is 20.5 Å². The van der Waals surface area contributed by atoms with Gasteiger partial charge in [-0.05, 0) is 12.1 Å². The largest absolute Gasteiger partial charge is 0.477 e. The number of rotatable bonds is 3. The third-order valence-electron chi connectivity index (χ3n) is 2.58. The van der Waals surface area contributed by atoms with E-state index in [4.69, 9.17) is 5.11 Å². The van der Waals surface area contributed by atoms with E-state index in [1.165, 1.54) is 6.07 Å². The number of aromatic amines is 1. The Morgan fingerprint density at radius 2 is 2.00 bits per heavy atom. The molecule has 3 rings (SSSR count). The maximum Gasteiger partial charge on any atom is 0.353 e. The molecule has 1 aromatic carbocycles. The Labute approximate surface area is 107 Å². The first-order valence-corrected chi connectivity index (χ1v) is 5.51. The zero-order chi connectivity index (χ0) is 13.2. The van der Waals surface area contributed by atoms with Gasteiger partial charge in [-0.3, -0.25) is 5.10 Å². The van der Waals surface area contributed by atoms with E-state index >= 15 is 0 Å². The van der Waals surface area contributed by atoms with Gasteiger partial charge in [-0.25, -0.2) is 9.48 Å². The molecule has 2 heterocycles. The van der Waals surface area contributed by atoms with Crippen molar-refractivity contribution in [3.05, 3.63) is 48.3 Å². The van der Waals surface area contributed by atoms with Crippen LogP contribution in [-0.4, -0.2) is 36.3 Å². The SMILES string of the molecule is O=C(O)c1cc(-c2cn(-c3ccccc3)nn2)n[nH]1. The third kappa shape index (κ3) is 2.08. The van der Waals surface area contributed by atoms with Crippen LogP contribution in [0, 0.1) is 0 Å². The number of hydrogen-bond donors (Lipinski definition) is 2. The maximum atomic E-state index is 10.8. The number of aromatic nitrogens is 5. The minimum Gasteiger partial charge on any atom is -0.477 e. The second-order valence-electron chi connectivity index (χ2n) is 3.86. The molecule has 3 aromatic rings. The first-order valence-electron chi connectivity index (χ1n) is 5.51. The fraction of sp³-hybridized carbons (Fsp3) is 0. The lowest BCUT2D eigenvalue weighted by atomic mass is 10.3. The van der Waals surface area contributed by atoms with Crippen LogP contribution in [-0.2, 0) is 0 Å². The number of hydrogen-bond acceptors (Lipinski definition) is 4. The van der Waals surface area contributed by atoms with Crippen LogP contribution in [0.3, 0.4) is 0 Å². The van der Waals surface area contributed by atoms with E-state index in [9.17, 15) is 4.79 Å². The summed E-state index contributed by atoms with van der Waals surface area (Å²) in [6.45, 7) is 0. The monoisotopic (exact) mass is 255 g/mol. The molecule has 0 aliphatic rings. The average molecular weight is 255 g/mol. The highest BCUT2D eigenvalue weighted by atomic mass is 16.4. The Bertz CT molecular complexity index is 717. The number of carboxylic acids is 1. The summed E-state index contributed by atoms with van der Waals surface area (Å²) in [6, 6.07) is 10.9. The minimum atomic E-state index is -1.06. The van der Waals surface area contributed by atoms with Gasteiger partial charge < -0.3 is 5.11 Å². The number of H-pyrrole nitrogens is 1. The number of aromatic carboxylic acids is 1. The van der Waals surface area contributed by atoms with Crippen LogP contribution in [0.4, 0.5) is 0 Å².